The second-order valence-electron chi connectivity index (χ2n) is 6.09. The Kier molecular flexibility index (Phi) is 5.27. The molecular formula is C16H25N5OS. The first kappa shape index (κ1) is 16.4. The smallest absolute Gasteiger partial charge is 0.193 e. The van der Waals surface area contributed by atoms with E-state index in [0.29, 0.717) is 6.54 Å². The van der Waals surface area contributed by atoms with Crippen molar-refractivity contribution in [2.45, 2.75) is 12.0 Å². The summed E-state index contributed by atoms with van der Waals surface area (Å²) in [6, 6.07) is 6.02. The molecule has 0 saturated carbocycles. The zero-order valence-corrected chi connectivity index (χ0v) is 14.4. The number of pyridine rings is 1. The third kappa shape index (κ3) is 4.09. The van der Waals surface area contributed by atoms with Gasteiger partial charge in [-0.05, 0) is 24.3 Å². The van der Waals surface area contributed by atoms with Crippen molar-refractivity contribution in [3.05, 3.63) is 24.4 Å². The Morgan fingerprint density at radius 1 is 1.39 bits per heavy atom. The first-order chi connectivity index (χ1) is 11.2. The second-order valence-corrected chi connectivity index (χ2v) is 7.19. The molecule has 2 fully saturated rings. The summed E-state index contributed by atoms with van der Waals surface area (Å²) in [6.07, 6.45) is 2.69. The van der Waals surface area contributed by atoms with Crippen LogP contribution in [0.5, 0.6) is 0 Å². The number of aliphatic imine (C=N–C) groups is 1. The van der Waals surface area contributed by atoms with Gasteiger partial charge in [-0.3, -0.25) is 4.99 Å². The molecule has 0 amide bonds. The molecule has 2 saturated heterocycles. The number of anilines is 1. The zero-order valence-electron chi connectivity index (χ0n) is 13.6. The van der Waals surface area contributed by atoms with Crippen molar-refractivity contribution in [2.75, 3.05) is 56.2 Å². The lowest BCUT2D eigenvalue weighted by Crippen LogP contribution is -2.55. The molecule has 23 heavy (non-hydrogen) atoms. The SMILES string of the molecule is CN=C(NCC1(O)CCSC1)N1CCN(c2ccccn2)CC1. The number of hydrogen-bond donors (Lipinski definition) is 2. The fraction of sp³-hybridized carbons (Fsp3) is 0.625. The van der Waals surface area contributed by atoms with Crippen molar-refractivity contribution < 1.29 is 5.11 Å². The van der Waals surface area contributed by atoms with Crippen LogP contribution in [0.25, 0.3) is 0 Å². The topological polar surface area (TPSA) is 64.0 Å². The van der Waals surface area contributed by atoms with Crippen molar-refractivity contribution in [3.8, 4) is 0 Å². The maximum absolute atomic E-state index is 10.5. The van der Waals surface area contributed by atoms with E-state index in [1.54, 1.807) is 7.05 Å². The molecule has 1 aromatic heterocycles. The normalized spacial score (nSPS) is 25.7. The number of hydrogen-bond acceptors (Lipinski definition) is 5. The van der Waals surface area contributed by atoms with Crippen LogP contribution in [-0.2, 0) is 0 Å². The van der Waals surface area contributed by atoms with E-state index in [2.05, 4.69) is 31.2 Å². The van der Waals surface area contributed by atoms with Gasteiger partial charge < -0.3 is 20.2 Å². The minimum absolute atomic E-state index is 0.577. The Morgan fingerprint density at radius 2 is 2.22 bits per heavy atom. The molecule has 2 aliphatic heterocycles. The molecule has 1 unspecified atom stereocenters. The quantitative estimate of drug-likeness (QED) is 0.625. The van der Waals surface area contributed by atoms with Crippen LogP contribution in [0.3, 0.4) is 0 Å². The van der Waals surface area contributed by atoms with Gasteiger partial charge in [-0.1, -0.05) is 6.07 Å². The van der Waals surface area contributed by atoms with E-state index in [1.165, 1.54) is 0 Å². The number of rotatable bonds is 3. The molecule has 1 atom stereocenters. The van der Waals surface area contributed by atoms with E-state index in [4.69, 9.17) is 0 Å². The average molecular weight is 335 g/mol. The fourth-order valence-corrected chi connectivity index (χ4v) is 4.29. The van der Waals surface area contributed by atoms with E-state index in [9.17, 15) is 5.11 Å². The molecule has 0 aliphatic carbocycles. The van der Waals surface area contributed by atoms with Gasteiger partial charge in [0.15, 0.2) is 5.96 Å². The maximum atomic E-state index is 10.5. The minimum atomic E-state index is -0.587. The number of nitrogens with zero attached hydrogens (tertiary/aromatic N) is 4. The van der Waals surface area contributed by atoms with Crippen LogP contribution in [0.2, 0.25) is 0 Å². The van der Waals surface area contributed by atoms with Gasteiger partial charge in [0.2, 0.25) is 0 Å². The molecule has 2 N–H and O–H groups in total. The number of thioether (sulfide) groups is 1. The second kappa shape index (κ2) is 7.40. The van der Waals surface area contributed by atoms with E-state index in [1.807, 2.05) is 30.1 Å². The summed E-state index contributed by atoms with van der Waals surface area (Å²) in [4.78, 5) is 13.3. The van der Waals surface area contributed by atoms with Crippen molar-refractivity contribution >= 4 is 23.5 Å². The lowest BCUT2D eigenvalue weighted by atomic mass is 10.0. The molecule has 2 aliphatic rings. The predicted octanol–water partition coefficient (Wildman–Crippen LogP) is 0.647. The summed E-state index contributed by atoms with van der Waals surface area (Å²) in [5, 5.41) is 13.8. The Balaban J connectivity index is 1.51. The van der Waals surface area contributed by atoms with Crippen LogP contribution in [-0.4, -0.2) is 77.8 Å². The predicted molar refractivity (Wildman–Crippen MR) is 96.3 cm³/mol. The number of aromatic nitrogens is 1. The lowest BCUT2D eigenvalue weighted by molar-refractivity contribution is 0.0716. The van der Waals surface area contributed by atoms with Gasteiger partial charge in [-0.2, -0.15) is 11.8 Å². The molecule has 0 bridgehead atoms. The van der Waals surface area contributed by atoms with Gasteiger partial charge in [0.1, 0.15) is 5.82 Å². The molecule has 126 valence electrons. The summed E-state index contributed by atoms with van der Waals surface area (Å²) >= 11 is 1.82. The van der Waals surface area contributed by atoms with Crippen LogP contribution in [0.15, 0.2) is 29.4 Å². The molecule has 0 spiro atoms. The molecule has 3 rings (SSSR count). The molecule has 0 radical (unpaired) electrons. The van der Waals surface area contributed by atoms with Gasteiger partial charge in [-0.15, -0.1) is 0 Å². The molecule has 3 heterocycles. The Morgan fingerprint density at radius 3 is 2.83 bits per heavy atom. The van der Waals surface area contributed by atoms with Crippen LogP contribution in [0, 0.1) is 0 Å². The van der Waals surface area contributed by atoms with Crippen LogP contribution < -0.4 is 10.2 Å². The number of piperazine rings is 1. The molecule has 6 nitrogen and oxygen atoms in total. The first-order valence-corrected chi connectivity index (χ1v) is 9.27. The molecule has 7 heteroatoms. The summed E-state index contributed by atoms with van der Waals surface area (Å²) in [7, 11) is 1.81. The minimum Gasteiger partial charge on any atom is -0.387 e. The Hall–Kier alpha value is -1.47. The number of aliphatic hydroxyl groups is 1. The highest BCUT2D eigenvalue weighted by Gasteiger charge is 2.32. The first-order valence-electron chi connectivity index (χ1n) is 8.12. The van der Waals surface area contributed by atoms with Crippen molar-refractivity contribution in [1.82, 2.24) is 15.2 Å². The van der Waals surface area contributed by atoms with Gasteiger partial charge in [-0.25, -0.2) is 4.98 Å². The highest BCUT2D eigenvalue weighted by Crippen LogP contribution is 2.27. The third-order valence-corrected chi connectivity index (χ3v) is 5.66. The van der Waals surface area contributed by atoms with Gasteiger partial charge in [0.25, 0.3) is 0 Å². The van der Waals surface area contributed by atoms with E-state index in [0.717, 1.165) is 55.9 Å². The van der Waals surface area contributed by atoms with Gasteiger partial charge in [0, 0.05) is 51.7 Å². The lowest BCUT2D eigenvalue weighted by Gasteiger charge is -2.37. The summed E-state index contributed by atoms with van der Waals surface area (Å²) < 4.78 is 0. The van der Waals surface area contributed by atoms with Crippen molar-refractivity contribution in [1.29, 1.82) is 0 Å². The van der Waals surface area contributed by atoms with E-state index >= 15 is 0 Å². The van der Waals surface area contributed by atoms with Crippen LogP contribution in [0.4, 0.5) is 5.82 Å². The van der Waals surface area contributed by atoms with Crippen LogP contribution in [0.1, 0.15) is 6.42 Å². The zero-order chi connectivity index (χ0) is 16.1. The Labute approximate surface area is 142 Å². The molecular weight excluding hydrogens is 310 g/mol. The Bertz CT molecular complexity index is 525. The number of guanidine groups is 1. The third-order valence-electron chi connectivity index (χ3n) is 4.42. The van der Waals surface area contributed by atoms with Crippen molar-refractivity contribution in [3.63, 3.8) is 0 Å². The monoisotopic (exact) mass is 335 g/mol. The van der Waals surface area contributed by atoms with E-state index in [-0.39, 0.29) is 0 Å². The van der Waals surface area contributed by atoms with E-state index < -0.39 is 5.60 Å². The van der Waals surface area contributed by atoms with Crippen molar-refractivity contribution in [2.24, 2.45) is 4.99 Å². The average Bonchev–Trinajstić information content (AvgIpc) is 3.04. The molecule has 0 aromatic carbocycles. The van der Waals surface area contributed by atoms with Crippen LogP contribution >= 0.6 is 11.8 Å². The standard InChI is InChI=1S/C16H25N5OS/c1-17-15(19-12-16(22)5-11-23-13-16)21-9-7-20(8-10-21)14-4-2-3-6-18-14/h2-4,6,22H,5,7-13H2,1H3,(H,17,19). The number of nitrogens with one attached hydrogen (secondary N) is 1. The summed E-state index contributed by atoms with van der Waals surface area (Å²) in [5.41, 5.74) is -0.587. The summed E-state index contributed by atoms with van der Waals surface area (Å²) in [6.45, 7) is 4.25. The summed E-state index contributed by atoms with van der Waals surface area (Å²) in [5.74, 6) is 3.77. The maximum Gasteiger partial charge on any atom is 0.193 e. The fourth-order valence-electron chi connectivity index (χ4n) is 3.00. The highest BCUT2D eigenvalue weighted by molar-refractivity contribution is 7.99. The molecule has 1 aromatic rings. The highest BCUT2D eigenvalue weighted by atomic mass is 32.2. The van der Waals surface area contributed by atoms with Gasteiger partial charge >= 0.3 is 0 Å². The van der Waals surface area contributed by atoms with Gasteiger partial charge in [0.05, 0.1) is 5.60 Å². The largest absolute Gasteiger partial charge is 0.387 e.